The lowest BCUT2D eigenvalue weighted by molar-refractivity contribution is 0.501. The van der Waals surface area contributed by atoms with Crippen molar-refractivity contribution in [3.8, 4) is 0 Å². The van der Waals surface area contributed by atoms with Crippen molar-refractivity contribution in [2.75, 3.05) is 0 Å². The van der Waals surface area contributed by atoms with E-state index in [0.29, 0.717) is 5.15 Å². The Morgan fingerprint density at radius 2 is 2.22 bits per heavy atom. The van der Waals surface area contributed by atoms with E-state index in [2.05, 4.69) is 4.98 Å². The van der Waals surface area contributed by atoms with Gasteiger partial charge in [-0.15, -0.1) is 0 Å². The van der Waals surface area contributed by atoms with E-state index >= 15 is 0 Å². The fourth-order valence-electron chi connectivity index (χ4n) is 2.81. The van der Waals surface area contributed by atoms with Crippen LogP contribution < -0.4 is 11.4 Å². The van der Waals surface area contributed by atoms with Crippen LogP contribution in [-0.4, -0.2) is 20.2 Å². The third kappa shape index (κ3) is 1.66. The van der Waals surface area contributed by atoms with E-state index < -0.39 is 0 Å². The van der Waals surface area contributed by atoms with Crippen LogP contribution in [0.5, 0.6) is 0 Å². The molecule has 6 heteroatoms. The summed E-state index contributed by atoms with van der Waals surface area (Å²) in [6.07, 6.45) is 4.40. The summed E-state index contributed by atoms with van der Waals surface area (Å²) < 4.78 is 3.43. The van der Waals surface area contributed by atoms with E-state index in [-0.39, 0.29) is 17.8 Å². The number of fused-ring (bicyclic) bond motifs is 1. The molecule has 0 bridgehead atoms. The van der Waals surface area contributed by atoms with Gasteiger partial charge in [0, 0.05) is 25.2 Å². The predicted octanol–water partition coefficient (Wildman–Crippen LogP) is 1.44. The van der Waals surface area contributed by atoms with Gasteiger partial charge in [0.05, 0.1) is 17.2 Å². The zero-order valence-corrected chi connectivity index (χ0v) is 10.9. The number of hydrogen-bond acceptors (Lipinski definition) is 3. The predicted molar refractivity (Wildman–Crippen MR) is 70.8 cm³/mol. The number of rotatable bonds is 1. The Morgan fingerprint density at radius 1 is 1.44 bits per heavy atom. The minimum Gasteiger partial charge on any atom is -0.328 e. The molecule has 0 aliphatic heterocycles. The summed E-state index contributed by atoms with van der Waals surface area (Å²) in [5.41, 5.74) is 7.57. The van der Waals surface area contributed by atoms with Crippen LogP contribution in [0.3, 0.4) is 0 Å². The number of nitrogens with two attached hydrogens (primary N) is 1. The Morgan fingerprint density at radius 3 is 2.89 bits per heavy atom. The van der Waals surface area contributed by atoms with Gasteiger partial charge in [0.2, 0.25) is 0 Å². The Kier molecular flexibility index (Phi) is 2.68. The van der Waals surface area contributed by atoms with Crippen molar-refractivity contribution in [3.05, 3.63) is 27.9 Å². The molecule has 2 heterocycles. The molecule has 5 nitrogen and oxygen atoms in total. The molecule has 0 amide bonds. The molecule has 1 aliphatic carbocycles. The average molecular weight is 267 g/mol. The van der Waals surface area contributed by atoms with Crippen molar-refractivity contribution < 1.29 is 0 Å². The first-order valence-electron chi connectivity index (χ1n) is 6.06. The lowest BCUT2D eigenvalue weighted by Crippen LogP contribution is -2.26. The van der Waals surface area contributed by atoms with E-state index in [4.69, 9.17) is 17.3 Å². The molecule has 18 heavy (non-hydrogen) atoms. The van der Waals surface area contributed by atoms with E-state index in [1.54, 1.807) is 23.9 Å². The first-order valence-corrected chi connectivity index (χ1v) is 6.44. The van der Waals surface area contributed by atoms with Crippen LogP contribution in [0, 0.1) is 0 Å². The SMILES string of the molecule is Cn1c(=O)n([C@@H]2CC[C@@H](N)C2)c2cc(Cl)ncc21. The van der Waals surface area contributed by atoms with E-state index in [9.17, 15) is 4.79 Å². The molecule has 0 aromatic carbocycles. The van der Waals surface area contributed by atoms with Crippen LogP contribution in [0.2, 0.25) is 5.15 Å². The van der Waals surface area contributed by atoms with Gasteiger partial charge in [0.1, 0.15) is 5.15 Å². The fourth-order valence-corrected chi connectivity index (χ4v) is 2.96. The molecule has 0 spiro atoms. The van der Waals surface area contributed by atoms with Crippen LogP contribution in [0.1, 0.15) is 25.3 Å². The van der Waals surface area contributed by atoms with Crippen molar-refractivity contribution in [3.63, 3.8) is 0 Å². The van der Waals surface area contributed by atoms with Gasteiger partial charge in [-0.1, -0.05) is 11.6 Å². The molecular weight excluding hydrogens is 252 g/mol. The summed E-state index contributed by atoms with van der Waals surface area (Å²) in [7, 11) is 1.76. The highest BCUT2D eigenvalue weighted by atomic mass is 35.5. The lowest BCUT2D eigenvalue weighted by Gasteiger charge is -2.11. The number of hydrogen-bond donors (Lipinski definition) is 1. The fraction of sp³-hybridized carbons (Fsp3) is 0.500. The van der Waals surface area contributed by atoms with Gasteiger partial charge in [0.25, 0.3) is 0 Å². The topological polar surface area (TPSA) is 65.8 Å². The molecule has 0 radical (unpaired) electrons. The maximum Gasteiger partial charge on any atom is 0.329 e. The van der Waals surface area contributed by atoms with Crippen molar-refractivity contribution in [2.45, 2.75) is 31.3 Å². The summed E-state index contributed by atoms with van der Waals surface area (Å²) in [6.45, 7) is 0. The maximum atomic E-state index is 12.3. The molecule has 3 rings (SSSR count). The van der Waals surface area contributed by atoms with Crippen LogP contribution in [0.15, 0.2) is 17.1 Å². The molecule has 96 valence electrons. The van der Waals surface area contributed by atoms with Gasteiger partial charge in [-0.05, 0) is 19.3 Å². The van der Waals surface area contributed by atoms with Gasteiger partial charge in [-0.3, -0.25) is 9.13 Å². The van der Waals surface area contributed by atoms with Gasteiger partial charge >= 0.3 is 5.69 Å². The zero-order chi connectivity index (χ0) is 12.9. The normalized spacial score (nSPS) is 23.9. The molecule has 2 aromatic rings. The van der Waals surface area contributed by atoms with Crippen molar-refractivity contribution in [1.82, 2.24) is 14.1 Å². The average Bonchev–Trinajstić information content (AvgIpc) is 2.84. The van der Waals surface area contributed by atoms with Crippen molar-refractivity contribution in [2.24, 2.45) is 12.8 Å². The minimum atomic E-state index is -0.0202. The largest absolute Gasteiger partial charge is 0.329 e. The van der Waals surface area contributed by atoms with E-state index in [1.165, 1.54) is 0 Å². The number of imidazole rings is 1. The van der Waals surface area contributed by atoms with Gasteiger partial charge in [-0.25, -0.2) is 9.78 Å². The second-order valence-corrected chi connectivity index (χ2v) is 5.32. The number of pyridine rings is 1. The molecular formula is C12H15ClN4O. The highest BCUT2D eigenvalue weighted by molar-refractivity contribution is 6.29. The summed E-state index contributed by atoms with van der Waals surface area (Å²) in [4.78, 5) is 16.3. The van der Waals surface area contributed by atoms with Crippen LogP contribution in [0.4, 0.5) is 0 Å². The second-order valence-electron chi connectivity index (χ2n) is 4.93. The lowest BCUT2D eigenvalue weighted by atomic mass is 10.2. The summed E-state index contributed by atoms with van der Waals surface area (Å²) in [6, 6.07) is 2.12. The van der Waals surface area contributed by atoms with Crippen LogP contribution in [-0.2, 0) is 7.05 Å². The number of halogens is 1. The standard InChI is InChI=1S/C12H15ClN4O/c1-16-10-6-15-11(13)5-9(10)17(12(16)18)8-3-2-7(14)4-8/h5-8H,2-4,14H2,1H3/t7-,8-/m1/s1. The summed E-state index contributed by atoms with van der Waals surface area (Å²) >= 11 is 5.93. The van der Waals surface area contributed by atoms with Gasteiger partial charge < -0.3 is 5.73 Å². The van der Waals surface area contributed by atoms with Crippen molar-refractivity contribution in [1.29, 1.82) is 0 Å². The number of nitrogens with zero attached hydrogens (tertiary/aromatic N) is 3. The smallest absolute Gasteiger partial charge is 0.328 e. The third-order valence-corrected chi connectivity index (χ3v) is 3.96. The number of aromatic nitrogens is 3. The van der Waals surface area contributed by atoms with E-state index in [0.717, 1.165) is 30.3 Å². The molecule has 1 aliphatic rings. The van der Waals surface area contributed by atoms with Gasteiger partial charge in [-0.2, -0.15) is 0 Å². The quantitative estimate of drug-likeness (QED) is 0.795. The highest BCUT2D eigenvalue weighted by Crippen LogP contribution is 2.30. The minimum absolute atomic E-state index is 0.0202. The molecule has 1 fully saturated rings. The van der Waals surface area contributed by atoms with Gasteiger partial charge in [0.15, 0.2) is 0 Å². The second kappa shape index (κ2) is 4.10. The highest BCUT2D eigenvalue weighted by Gasteiger charge is 2.27. The third-order valence-electron chi connectivity index (χ3n) is 3.75. The first-order chi connectivity index (χ1) is 8.58. The van der Waals surface area contributed by atoms with E-state index in [1.807, 2.05) is 4.57 Å². The molecule has 1 saturated carbocycles. The zero-order valence-electron chi connectivity index (χ0n) is 10.1. The molecule has 2 atom stereocenters. The number of aryl methyl sites for hydroxylation is 1. The molecule has 0 saturated heterocycles. The monoisotopic (exact) mass is 266 g/mol. The van der Waals surface area contributed by atoms with Crippen molar-refractivity contribution >= 4 is 22.6 Å². The first kappa shape index (κ1) is 11.7. The molecule has 2 N–H and O–H groups in total. The Bertz CT molecular complexity index is 660. The Balaban J connectivity index is 2.24. The van der Waals surface area contributed by atoms with Crippen LogP contribution >= 0.6 is 11.6 Å². The molecule has 0 unspecified atom stereocenters. The Hall–Kier alpha value is -1.33. The Labute approximate surface area is 109 Å². The summed E-state index contributed by atoms with van der Waals surface area (Å²) in [5.74, 6) is 0. The van der Waals surface area contributed by atoms with Crippen LogP contribution in [0.25, 0.3) is 11.0 Å². The summed E-state index contributed by atoms with van der Waals surface area (Å²) in [5, 5.41) is 0.407. The maximum absolute atomic E-state index is 12.3. The molecule has 2 aromatic heterocycles.